The van der Waals surface area contributed by atoms with E-state index in [1.807, 2.05) is 42.5 Å². The average Bonchev–Trinajstić information content (AvgIpc) is 3.05. The van der Waals surface area contributed by atoms with Crippen LogP contribution in [0.2, 0.25) is 0 Å². The first kappa shape index (κ1) is 18.9. The van der Waals surface area contributed by atoms with Gasteiger partial charge in [-0.15, -0.1) is 0 Å². The zero-order valence-corrected chi connectivity index (χ0v) is 16.7. The molecule has 1 fully saturated rings. The molecular formula is C20H23N3O4S. The minimum Gasteiger partial charge on any atom is -0.456 e. The van der Waals surface area contributed by atoms with Crippen LogP contribution in [0.1, 0.15) is 12.8 Å². The third kappa shape index (κ3) is 3.39. The maximum Gasteiger partial charge on any atom is 0.281 e. The highest BCUT2D eigenvalue weighted by Crippen LogP contribution is 2.30. The summed E-state index contributed by atoms with van der Waals surface area (Å²) < 4.78 is 33.1. The van der Waals surface area contributed by atoms with Crippen molar-refractivity contribution in [3.63, 3.8) is 0 Å². The second-order valence-electron chi connectivity index (χ2n) is 7.29. The summed E-state index contributed by atoms with van der Waals surface area (Å²) in [4.78, 5) is 12.7. The molecule has 4 rings (SSSR count). The van der Waals surface area contributed by atoms with E-state index in [2.05, 4.69) is 5.32 Å². The molecule has 148 valence electrons. The number of furan rings is 1. The molecule has 0 aliphatic carbocycles. The highest BCUT2D eigenvalue weighted by Gasteiger charge is 2.33. The zero-order chi connectivity index (χ0) is 19.9. The number of rotatable bonds is 4. The molecule has 7 nitrogen and oxygen atoms in total. The Bertz CT molecular complexity index is 1140. The van der Waals surface area contributed by atoms with Gasteiger partial charge in [0.25, 0.3) is 10.2 Å². The van der Waals surface area contributed by atoms with E-state index < -0.39 is 10.2 Å². The van der Waals surface area contributed by atoms with Crippen LogP contribution in [-0.4, -0.2) is 50.1 Å². The van der Waals surface area contributed by atoms with Gasteiger partial charge < -0.3 is 9.73 Å². The second-order valence-corrected chi connectivity index (χ2v) is 9.43. The van der Waals surface area contributed by atoms with Crippen LogP contribution in [0.3, 0.4) is 0 Å². The van der Waals surface area contributed by atoms with E-state index in [0.717, 1.165) is 16.4 Å². The molecule has 0 radical (unpaired) electrons. The van der Waals surface area contributed by atoms with Crippen molar-refractivity contribution in [1.82, 2.24) is 8.61 Å². The fourth-order valence-electron chi connectivity index (χ4n) is 3.64. The number of benzene rings is 2. The quantitative estimate of drug-likeness (QED) is 0.728. The van der Waals surface area contributed by atoms with Gasteiger partial charge in [0.1, 0.15) is 11.2 Å². The van der Waals surface area contributed by atoms with E-state index in [1.54, 1.807) is 0 Å². The second kappa shape index (κ2) is 7.20. The minimum atomic E-state index is -3.51. The van der Waals surface area contributed by atoms with E-state index >= 15 is 0 Å². The molecule has 8 heteroatoms. The highest BCUT2D eigenvalue weighted by atomic mass is 32.2. The van der Waals surface area contributed by atoms with Crippen LogP contribution in [0, 0.1) is 5.92 Å². The summed E-state index contributed by atoms with van der Waals surface area (Å²) in [6, 6.07) is 13.4. The Hall–Kier alpha value is -2.42. The van der Waals surface area contributed by atoms with E-state index in [0.29, 0.717) is 30.7 Å². The third-order valence-electron chi connectivity index (χ3n) is 5.19. The summed E-state index contributed by atoms with van der Waals surface area (Å²) in [6.07, 6.45) is 1.33. The van der Waals surface area contributed by atoms with Gasteiger partial charge in [-0.3, -0.25) is 4.79 Å². The molecule has 1 saturated heterocycles. The summed E-state index contributed by atoms with van der Waals surface area (Å²) in [5, 5.41) is 4.94. The Morgan fingerprint density at radius 1 is 1.14 bits per heavy atom. The molecule has 3 aromatic rings. The predicted octanol–water partition coefficient (Wildman–Crippen LogP) is 3.04. The molecule has 1 aromatic heterocycles. The monoisotopic (exact) mass is 401 g/mol. The molecule has 0 saturated carbocycles. The molecule has 1 aliphatic heterocycles. The summed E-state index contributed by atoms with van der Waals surface area (Å²) in [7, 11) is -0.508. The maximum atomic E-state index is 12.7. The number of para-hydroxylation sites is 1. The summed E-state index contributed by atoms with van der Waals surface area (Å²) in [6.45, 7) is 0.633. The first-order chi connectivity index (χ1) is 13.4. The molecule has 1 aliphatic rings. The summed E-state index contributed by atoms with van der Waals surface area (Å²) in [5.74, 6) is -0.552. The molecule has 0 unspecified atom stereocenters. The van der Waals surface area contributed by atoms with Crippen molar-refractivity contribution >= 4 is 43.7 Å². The van der Waals surface area contributed by atoms with Gasteiger partial charge in [0.2, 0.25) is 5.91 Å². The lowest BCUT2D eigenvalue weighted by Crippen LogP contribution is -2.47. The van der Waals surface area contributed by atoms with Gasteiger partial charge in [-0.2, -0.15) is 17.0 Å². The maximum absolute atomic E-state index is 12.7. The van der Waals surface area contributed by atoms with Crippen molar-refractivity contribution in [2.24, 2.45) is 5.92 Å². The SMILES string of the molecule is CN(C)S(=O)(=O)N1CCC[C@@H](C(=O)Nc2ccc3c(c2)oc2ccccc23)C1. The van der Waals surface area contributed by atoms with Gasteiger partial charge in [0.05, 0.1) is 5.92 Å². The van der Waals surface area contributed by atoms with Crippen molar-refractivity contribution in [2.75, 3.05) is 32.5 Å². The van der Waals surface area contributed by atoms with E-state index in [1.165, 1.54) is 22.7 Å². The van der Waals surface area contributed by atoms with Crippen molar-refractivity contribution in [2.45, 2.75) is 12.8 Å². The number of carbonyl (C=O) groups excluding carboxylic acids is 1. The molecular weight excluding hydrogens is 378 g/mol. The Kier molecular flexibility index (Phi) is 4.86. The van der Waals surface area contributed by atoms with Gasteiger partial charge in [-0.05, 0) is 31.0 Å². The van der Waals surface area contributed by atoms with Crippen LogP contribution in [-0.2, 0) is 15.0 Å². The van der Waals surface area contributed by atoms with Crippen LogP contribution < -0.4 is 5.32 Å². The number of carbonyl (C=O) groups is 1. The molecule has 2 heterocycles. The number of hydrogen-bond donors (Lipinski definition) is 1. The van der Waals surface area contributed by atoms with Gasteiger partial charge in [-0.25, -0.2) is 0 Å². The normalized spacial score (nSPS) is 18.8. The molecule has 0 bridgehead atoms. The molecule has 28 heavy (non-hydrogen) atoms. The largest absolute Gasteiger partial charge is 0.456 e. The number of fused-ring (bicyclic) bond motifs is 3. The van der Waals surface area contributed by atoms with Gasteiger partial charge in [0, 0.05) is 49.7 Å². The summed E-state index contributed by atoms with van der Waals surface area (Å²) >= 11 is 0. The lowest BCUT2D eigenvalue weighted by atomic mass is 9.98. The number of nitrogens with one attached hydrogen (secondary N) is 1. The molecule has 1 atom stereocenters. The summed E-state index contributed by atoms with van der Waals surface area (Å²) in [5.41, 5.74) is 2.15. The van der Waals surface area contributed by atoms with Crippen molar-refractivity contribution in [3.05, 3.63) is 42.5 Å². The van der Waals surface area contributed by atoms with Gasteiger partial charge in [-0.1, -0.05) is 18.2 Å². The zero-order valence-electron chi connectivity index (χ0n) is 15.9. The van der Waals surface area contributed by atoms with Gasteiger partial charge >= 0.3 is 0 Å². The Morgan fingerprint density at radius 3 is 2.68 bits per heavy atom. The van der Waals surface area contributed by atoms with E-state index in [4.69, 9.17) is 4.42 Å². The number of nitrogens with zero attached hydrogens (tertiary/aromatic N) is 2. The lowest BCUT2D eigenvalue weighted by Gasteiger charge is -2.32. The highest BCUT2D eigenvalue weighted by molar-refractivity contribution is 7.86. The van der Waals surface area contributed by atoms with Crippen LogP contribution in [0.15, 0.2) is 46.9 Å². The molecule has 1 N–H and O–H groups in total. The van der Waals surface area contributed by atoms with Crippen LogP contribution in [0.5, 0.6) is 0 Å². The van der Waals surface area contributed by atoms with Crippen molar-refractivity contribution in [3.8, 4) is 0 Å². The minimum absolute atomic E-state index is 0.172. The van der Waals surface area contributed by atoms with E-state index in [9.17, 15) is 13.2 Å². The number of hydrogen-bond acceptors (Lipinski definition) is 4. The number of anilines is 1. The van der Waals surface area contributed by atoms with Crippen LogP contribution in [0.25, 0.3) is 21.9 Å². The Morgan fingerprint density at radius 2 is 1.89 bits per heavy atom. The topological polar surface area (TPSA) is 82.9 Å². The predicted molar refractivity (Wildman–Crippen MR) is 109 cm³/mol. The van der Waals surface area contributed by atoms with Crippen LogP contribution >= 0.6 is 0 Å². The average molecular weight is 401 g/mol. The molecule has 0 spiro atoms. The van der Waals surface area contributed by atoms with Gasteiger partial charge in [0.15, 0.2) is 0 Å². The third-order valence-corrected chi connectivity index (χ3v) is 7.10. The molecule has 2 aromatic carbocycles. The van der Waals surface area contributed by atoms with Crippen LogP contribution in [0.4, 0.5) is 5.69 Å². The first-order valence-corrected chi connectivity index (χ1v) is 10.7. The Labute approximate surface area is 164 Å². The number of amides is 1. The number of piperidine rings is 1. The smallest absolute Gasteiger partial charge is 0.281 e. The Balaban J connectivity index is 1.52. The molecule has 1 amide bonds. The fraction of sp³-hybridized carbons (Fsp3) is 0.350. The standard InChI is InChI=1S/C20H23N3O4S/c1-22(2)28(25,26)23-11-5-6-14(13-23)20(24)21-15-9-10-17-16-7-3-4-8-18(16)27-19(17)12-15/h3-4,7-10,12,14H,5-6,11,13H2,1-2H3,(H,21,24)/t14-/m1/s1. The van der Waals surface area contributed by atoms with Crippen molar-refractivity contribution in [1.29, 1.82) is 0 Å². The van der Waals surface area contributed by atoms with Crippen molar-refractivity contribution < 1.29 is 17.6 Å². The fourth-order valence-corrected chi connectivity index (χ4v) is 4.83. The first-order valence-electron chi connectivity index (χ1n) is 9.26. The lowest BCUT2D eigenvalue weighted by molar-refractivity contribution is -0.120. The van der Waals surface area contributed by atoms with E-state index in [-0.39, 0.29) is 18.4 Å².